The Morgan fingerprint density at radius 3 is 2.79 bits per heavy atom. The number of hydrogen-bond acceptors (Lipinski definition) is 5. The number of aromatic nitrogens is 2. The summed E-state index contributed by atoms with van der Waals surface area (Å²) in [5, 5.41) is 15.6. The molecule has 19 heavy (non-hydrogen) atoms. The van der Waals surface area contributed by atoms with Crippen LogP contribution >= 0.6 is 0 Å². The van der Waals surface area contributed by atoms with Gasteiger partial charge in [0.05, 0.1) is 18.8 Å². The van der Waals surface area contributed by atoms with Gasteiger partial charge in [-0.25, -0.2) is 8.42 Å². The van der Waals surface area contributed by atoms with Crippen molar-refractivity contribution in [1.29, 1.82) is 0 Å². The van der Waals surface area contributed by atoms with Crippen molar-refractivity contribution in [3.63, 3.8) is 0 Å². The second kappa shape index (κ2) is 4.86. The van der Waals surface area contributed by atoms with E-state index in [9.17, 15) is 13.5 Å². The second-order valence-electron chi connectivity index (χ2n) is 5.24. The molecule has 0 unspecified atom stereocenters. The van der Waals surface area contributed by atoms with Crippen molar-refractivity contribution < 1.29 is 18.3 Å². The van der Waals surface area contributed by atoms with E-state index < -0.39 is 15.6 Å². The standard InChI is InChI=1S/C11H19N3O4S/c1-8-9(6-15)10(13-12-8)19(16,17)14-4-5-18-11(2,3)7-14/h15H,4-7H2,1-3H3,(H,12,13). The molecule has 0 radical (unpaired) electrons. The van der Waals surface area contributed by atoms with E-state index in [0.717, 1.165) is 0 Å². The molecule has 2 heterocycles. The molecule has 7 nitrogen and oxygen atoms in total. The first kappa shape index (κ1) is 14.4. The molecule has 1 saturated heterocycles. The van der Waals surface area contributed by atoms with Gasteiger partial charge in [0.1, 0.15) is 0 Å². The number of aliphatic hydroxyl groups is 1. The SMILES string of the molecule is Cc1[nH]nc(S(=O)(=O)N2CCOC(C)(C)C2)c1CO. The Morgan fingerprint density at radius 1 is 1.53 bits per heavy atom. The third-order valence-electron chi connectivity index (χ3n) is 3.17. The van der Waals surface area contributed by atoms with Crippen molar-refractivity contribution in [2.75, 3.05) is 19.7 Å². The van der Waals surface area contributed by atoms with Crippen LogP contribution in [-0.2, 0) is 21.4 Å². The van der Waals surface area contributed by atoms with Gasteiger partial charge in [0.25, 0.3) is 10.0 Å². The molecule has 108 valence electrons. The maximum Gasteiger partial charge on any atom is 0.262 e. The van der Waals surface area contributed by atoms with Gasteiger partial charge in [0.2, 0.25) is 0 Å². The number of nitrogens with zero attached hydrogens (tertiary/aromatic N) is 2. The summed E-state index contributed by atoms with van der Waals surface area (Å²) in [7, 11) is -3.70. The van der Waals surface area contributed by atoms with Crippen LogP contribution in [-0.4, -0.2) is 53.3 Å². The first-order valence-electron chi connectivity index (χ1n) is 6.07. The van der Waals surface area contributed by atoms with E-state index in [1.165, 1.54) is 4.31 Å². The lowest BCUT2D eigenvalue weighted by Gasteiger charge is -2.36. The minimum Gasteiger partial charge on any atom is -0.392 e. The summed E-state index contributed by atoms with van der Waals surface area (Å²) in [6.07, 6.45) is 0. The van der Waals surface area contributed by atoms with E-state index in [0.29, 0.717) is 24.4 Å². The molecule has 0 spiro atoms. The molecule has 0 bridgehead atoms. The highest BCUT2D eigenvalue weighted by Crippen LogP contribution is 2.25. The van der Waals surface area contributed by atoms with Crippen molar-refractivity contribution in [3.8, 4) is 0 Å². The number of aromatic amines is 1. The zero-order valence-electron chi connectivity index (χ0n) is 11.3. The van der Waals surface area contributed by atoms with Crippen LogP contribution in [0.1, 0.15) is 25.1 Å². The monoisotopic (exact) mass is 289 g/mol. The molecule has 0 saturated carbocycles. The van der Waals surface area contributed by atoms with Crippen LogP contribution in [0.15, 0.2) is 5.03 Å². The molecule has 0 aromatic carbocycles. The Bertz CT molecular complexity index is 564. The van der Waals surface area contributed by atoms with Crippen LogP contribution < -0.4 is 0 Å². The highest BCUT2D eigenvalue weighted by atomic mass is 32.2. The molecular formula is C11H19N3O4S. The van der Waals surface area contributed by atoms with Crippen LogP contribution in [0.5, 0.6) is 0 Å². The maximum absolute atomic E-state index is 12.5. The fourth-order valence-electron chi connectivity index (χ4n) is 2.13. The molecule has 1 aliphatic heterocycles. The molecule has 1 aromatic rings. The third kappa shape index (κ3) is 2.66. The van der Waals surface area contributed by atoms with E-state index >= 15 is 0 Å². The van der Waals surface area contributed by atoms with E-state index in [2.05, 4.69) is 10.2 Å². The van der Waals surface area contributed by atoms with Gasteiger partial charge < -0.3 is 9.84 Å². The van der Waals surface area contributed by atoms with Gasteiger partial charge in [-0.05, 0) is 20.8 Å². The lowest BCUT2D eigenvalue weighted by Crippen LogP contribution is -2.50. The fraction of sp³-hybridized carbons (Fsp3) is 0.727. The lowest BCUT2D eigenvalue weighted by molar-refractivity contribution is -0.0641. The van der Waals surface area contributed by atoms with E-state index in [1.807, 2.05) is 13.8 Å². The molecule has 1 aliphatic rings. The van der Waals surface area contributed by atoms with Crippen molar-refractivity contribution in [3.05, 3.63) is 11.3 Å². The highest BCUT2D eigenvalue weighted by molar-refractivity contribution is 7.89. The average Bonchev–Trinajstić information content (AvgIpc) is 2.69. The van der Waals surface area contributed by atoms with E-state index in [-0.39, 0.29) is 18.2 Å². The van der Waals surface area contributed by atoms with Gasteiger partial charge >= 0.3 is 0 Å². The number of H-pyrrole nitrogens is 1. The third-order valence-corrected chi connectivity index (χ3v) is 4.99. The smallest absolute Gasteiger partial charge is 0.262 e. The quantitative estimate of drug-likeness (QED) is 0.817. The average molecular weight is 289 g/mol. The van der Waals surface area contributed by atoms with Gasteiger partial charge in [0.15, 0.2) is 5.03 Å². The Hall–Kier alpha value is -0.960. The molecule has 8 heteroatoms. The van der Waals surface area contributed by atoms with Crippen LogP contribution in [0.4, 0.5) is 0 Å². The Balaban J connectivity index is 2.37. The lowest BCUT2D eigenvalue weighted by atomic mass is 10.1. The van der Waals surface area contributed by atoms with Crippen molar-refractivity contribution >= 4 is 10.0 Å². The van der Waals surface area contributed by atoms with Gasteiger partial charge in [-0.1, -0.05) is 0 Å². The Morgan fingerprint density at radius 2 is 2.21 bits per heavy atom. The predicted octanol–water partition coefficient (Wildman–Crippen LogP) is 0.00992. The van der Waals surface area contributed by atoms with E-state index in [1.54, 1.807) is 6.92 Å². The minimum absolute atomic E-state index is 0.0924. The number of rotatable bonds is 3. The molecule has 0 aliphatic carbocycles. The largest absolute Gasteiger partial charge is 0.392 e. The molecular weight excluding hydrogens is 270 g/mol. The first-order chi connectivity index (χ1) is 8.78. The number of nitrogens with one attached hydrogen (secondary N) is 1. The van der Waals surface area contributed by atoms with E-state index in [4.69, 9.17) is 4.74 Å². The summed E-state index contributed by atoms with van der Waals surface area (Å²) in [6.45, 7) is 5.93. The molecule has 0 atom stereocenters. The molecule has 2 N–H and O–H groups in total. The summed E-state index contributed by atoms with van der Waals surface area (Å²) in [5.41, 5.74) is 0.369. The normalized spacial score (nSPS) is 20.6. The van der Waals surface area contributed by atoms with Gasteiger partial charge in [0, 0.05) is 24.3 Å². The molecule has 2 rings (SSSR count). The molecule has 1 fully saturated rings. The zero-order chi connectivity index (χ0) is 14.3. The number of aliphatic hydroxyl groups excluding tert-OH is 1. The maximum atomic E-state index is 12.5. The number of hydrogen-bond donors (Lipinski definition) is 2. The van der Waals surface area contributed by atoms with Crippen LogP contribution in [0.25, 0.3) is 0 Å². The van der Waals surface area contributed by atoms with Gasteiger partial charge in [-0.2, -0.15) is 9.40 Å². The summed E-state index contributed by atoms with van der Waals surface area (Å²) in [6, 6.07) is 0. The predicted molar refractivity (Wildman–Crippen MR) is 68.0 cm³/mol. The fourth-order valence-corrected chi connectivity index (χ4v) is 3.86. The minimum atomic E-state index is -3.70. The van der Waals surface area contributed by atoms with Gasteiger partial charge in [-0.15, -0.1) is 0 Å². The number of aryl methyl sites for hydroxylation is 1. The summed E-state index contributed by atoms with van der Waals surface area (Å²) in [4.78, 5) is 0. The first-order valence-corrected chi connectivity index (χ1v) is 7.51. The van der Waals surface area contributed by atoms with Crippen molar-refractivity contribution in [2.24, 2.45) is 0 Å². The summed E-state index contributed by atoms with van der Waals surface area (Å²) in [5.74, 6) is 0. The van der Waals surface area contributed by atoms with Crippen LogP contribution in [0, 0.1) is 6.92 Å². The summed E-state index contributed by atoms with van der Waals surface area (Å²) >= 11 is 0. The Labute approximate surface area is 112 Å². The number of sulfonamides is 1. The van der Waals surface area contributed by atoms with Crippen molar-refractivity contribution in [2.45, 2.75) is 38.0 Å². The topological polar surface area (TPSA) is 95.5 Å². The van der Waals surface area contributed by atoms with Crippen LogP contribution in [0.3, 0.4) is 0 Å². The Kier molecular flexibility index (Phi) is 3.69. The number of ether oxygens (including phenoxy) is 1. The second-order valence-corrected chi connectivity index (χ2v) is 7.09. The molecule has 0 amide bonds. The van der Waals surface area contributed by atoms with Crippen molar-refractivity contribution in [1.82, 2.24) is 14.5 Å². The van der Waals surface area contributed by atoms with Crippen LogP contribution in [0.2, 0.25) is 0 Å². The number of morpholine rings is 1. The highest BCUT2D eigenvalue weighted by Gasteiger charge is 2.37. The van der Waals surface area contributed by atoms with Gasteiger partial charge in [-0.3, -0.25) is 5.10 Å². The summed E-state index contributed by atoms with van der Waals surface area (Å²) < 4.78 is 31.9. The molecule has 1 aromatic heterocycles. The zero-order valence-corrected chi connectivity index (χ0v) is 12.1.